The van der Waals surface area contributed by atoms with Crippen molar-refractivity contribution in [3.05, 3.63) is 24.3 Å². The van der Waals surface area contributed by atoms with Crippen LogP contribution in [-0.4, -0.2) is 48.5 Å². The topological polar surface area (TPSA) is 43.7 Å². The van der Waals surface area contributed by atoms with Crippen LogP contribution in [0.5, 0.6) is 0 Å². The summed E-state index contributed by atoms with van der Waals surface area (Å²) in [6.45, 7) is 10.5. The Hall–Kier alpha value is -0.640. The molecule has 0 heterocycles. The van der Waals surface area contributed by atoms with E-state index in [2.05, 4.69) is 51.6 Å². The molecule has 2 N–H and O–H groups in total. The van der Waals surface area contributed by atoms with E-state index in [-0.39, 0.29) is 16.9 Å². The molecule has 3 rings (SSSR count). The molecule has 0 bridgehead atoms. The fourth-order valence-electron chi connectivity index (χ4n) is 6.81. The van der Waals surface area contributed by atoms with E-state index in [1.165, 1.54) is 24.8 Å². The minimum absolute atomic E-state index is 0.167. The summed E-state index contributed by atoms with van der Waals surface area (Å²) in [7, 11) is 4.19. The molecule has 3 aliphatic carbocycles. The van der Waals surface area contributed by atoms with Crippen LogP contribution in [0.25, 0.3) is 0 Å². The lowest BCUT2D eigenvalue weighted by atomic mass is 9.49. The van der Waals surface area contributed by atoms with Gasteiger partial charge >= 0.3 is 0 Å². The van der Waals surface area contributed by atoms with E-state index in [4.69, 9.17) is 0 Å². The first-order valence-electron chi connectivity index (χ1n) is 11.0. The van der Waals surface area contributed by atoms with Gasteiger partial charge in [0.25, 0.3) is 0 Å². The maximum Gasteiger partial charge on any atom is 0.0546 e. The fraction of sp³-hybridized carbons (Fsp3) is 0.833. The highest BCUT2D eigenvalue weighted by Gasteiger charge is 2.56. The average molecular weight is 376 g/mol. The van der Waals surface area contributed by atoms with Gasteiger partial charge in [0.15, 0.2) is 0 Å². The summed E-state index contributed by atoms with van der Waals surface area (Å²) in [6.07, 6.45) is 12.0. The van der Waals surface area contributed by atoms with Crippen molar-refractivity contribution in [1.29, 1.82) is 0 Å². The second-order valence-electron chi connectivity index (χ2n) is 10.4. The van der Waals surface area contributed by atoms with Crippen molar-refractivity contribution in [1.82, 2.24) is 4.90 Å². The second kappa shape index (κ2) is 8.00. The molecule has 3 nitrogen and oxygen atoms in total. The van der Waals surface area contributed by atoms with Gasteiger partial charge < -0.3 is 15.1 Å². The standard InChI is InChI=1S/C24H41NO2/c1-17-8-9-21-20(16-26)22(11-13-23(17,21)2)24(3)12-10-19(27)15-18(24)7-6-14-25(4)5/h6-7,18-22,26-27H,1,8-16H2,2-5H3. The summed E-state index contributed by atoms with van der Waals surface area (Å²) >= 11 is 0. The van der Waals surface area contributed by atoms with E-state index >= 15 is 0 Å². The zero-order chi connectivity index (χ0) is 19.8. The number of hydrogen-bond donors (Lipinski definition) is 2. The molecule has 0 aromatic rings. The molecular formula is C24H41NO2. The Labute approximate surface area is 166 Å². The summed E-state index contributed by atoms with van der Waals surface area (Å²) in [5, 5.41) is 20.8. The third-order valence-electron chi connectivity index (χ3n) is 8.68. The molecule has 0 aromatic heterocycles. The normalized spacial score (nSPS) is 45.6. The van der Waals surface area contributed by atoms with Crippen LogP contribution in [-0.2, 0) is 0 Å². The van der Waals surface area contributed by atoms with Gasteiger partial charge in [-0.1, -0.05) is 38.2 Å². The van der Waals surface area contributed by atoms with Crippen molar-refractivity contribution < 1.29 is 10.2 Å². The maximum absolute atomic E-state index is 10.4. The number of aliphatic hydroxyl groups is 2. The van der Waals surface area contributed by atoms with E-state index in [9.17, 15) is 10.2 Å². The van der Waals surface area contributed by atoms with Crippen LogP contribution < -0.4 is 0 Å². The summed E-state index contributed by atoms with van der Waals surface area (Å²) in [6, 6.07) is 0. The number of allylic oxidation sites excluding steroid dienone is 2. The molecule has 3 aliphatic rings. The van der Waals surface area contributed by atoms with Gasteiger partial charge in [-0.25, -0.2) is 0 Å². The van der Waals surface area contributed by atoms with Gasteiger partial charge in [0.05, 0.1) is 6.10 Å². The van der Waals surface area contributed by atoms with Crippen LogP contribution in [0.4, 0.5) is 0 Å². The first kappa shape index (κ1) is 21.1. The van der Waals surface area contributed by atoms with Crippen LogP contribution in [0.3, 0.4) is 0 Å². The largest absolute Gasteiger partial charge is 0.396 e. The second-order valence-corrected chi connectivity index (χ2v) is 10.4. The lowest BCUT2D eigenvalue weighted by Crippen LogP contribution is -2.50. The van der Waals surface area contributed by atoms with Crippen LogP contribution >= 0.6 is 0 Å². The van der Waals surface area contributed by atoms with Gasteiger partial charge in [-0.05, 0) is 93.5 Å². The predicted molar refractivity (Wildman–Crippen MR) is 112 cm³/mol. The Morgan fingerprint density at radius 3 is 2.56 bits per heavy atom. The monoisotopic (exact) mass is 375 g/mol. The molecule has 3 heteroatoms. The summed E-state index contributed by atoms with van der Waals surface area (Å²) < 4.78 is 0. The van der Waals surface area contributed by atoms with E-state index in [1.54, 1.807) is 0 Å². The maximum atomic E-state index is 10.4. The Morgan fingerprint density at radius 2 is 1.89 bits per heavy atom. The van der Waals surface area contributed by atoms with Crippen molar-refractivity contribution in [2.24, 2.45) is 34.5 Å². The van der Waals surface area contributed by atoms with Crippen molar-refractivity contribution in [2.75, 3.05) is 27.2 Å². The summed E-state index contributed by atoms with van der Waals surface area (Å²) in [4.78, 5) is 2.18. The van der Waals surface area contributed by atoms with Crippen LogP contribution in [0.1, 0.15) is 58.8 Å². The number of likely N-dealkylation sites (N-methyl/N-ethyl adjacent to an activating group) is 1. The number of fused-ring (bicyclic) bond motifs is 1. The van der Waals surface area contributed by atoms with E-state index in [0.29, 0.717) is 30.3 Å². The Bertz CT molecular complexity index is 571. The first-order valence-corrected chi connectivity index (χ1v) is 11.0. The molecule has 3 fully saturated rings. The van der Waals surface area contributed by atoms with E-state index in [1.807, 2.05) is 0 Å². The van der Waals surface area contributed by atoms with Crippen LogP contribution in [0, 0.1) is 34.5 Å². The highest BCUT2D eigenvalue weighted by molar-refractivity contribution is 5.21. The summed E-state index contributed by atoms with van der Waals surface area (Å²) in [5.74, 6) is 1.87. The molecule has 154 valence electrons. The lowest BCUT2D eigenvalue weighted by molar-refractivity contribution is -0.0825. The number of hydrogen-bond acceptors (Lipinski definition) is 3. The van der Waals surface area contributed by atoms with Gasteiger partial charge in [0.1, 0.15) is 0 Å². The third kappa shape index (κ3) is 3.80. The number of rotatable bonds is 5. The van der Waals surface area contributed by atoms with Gasteiger partial charge in [0.2, 0.25) is 0 Å². The molecule has 3 saturated carbocycles. The van der Waals surface area contributed by atoms with Crippen molar-refractivity contribution in [3.8, 4) is 0 Å². The molecule has 0 spiro atoms. The van der Waals surface area contributed by atoms with Crippen molar-refractivity contribution in [3.63, 3.8) is 0 Å². The molecule has 0 amide bonds. The van der Waals surface area contributed by atoms with Gasteiger partial charge in [-0.2, -0.15) is 0 Å². The SMILES string of the molecule is C=C1CCC2C(CO)C(C3(C)CCC(O)CC3C=CCN(C)C)CCC12C. The van der Waals surface area contributed by atoms with E-state index < -0.39 is 0 Å². The molecule has 7 atom stereocenters. The Morgan fingerprint density at radius 1 is 1.15 bits per heavy atom. The number of aliphatic hydroxyl groups excluding tert-OH is 2. The highest BCUT2D eigenvalue weighted by Crippen LogP contribution is 2.63. The average Bonchev–Trinajstić information content (AvgIpc) is 2.92. The van der Waals surface area contributed by atoms with E-state index in [0.717, 1.165) is 32.2 Å². The van der Waals surface area contributed by atoms with Gasteiger partial charge in [-0.15, -0.1) is 0 Å². The lowest BCUT2D eigenvalue weighted by Gasteiger charge is -2.56. The molecule has 0 saturated heterocycles. The molecule has 27 heavy (non-hydrogen) atoms. The third-order valence-corrected chi connectivity index (χ3v) is 8.68. The molecule has 0 radical (unpaired) electrons. The van der Waals surface area contributed by atoms with Crippen LogP contribution in [0.15, 0.2) is 24.3 Å². The molecular weight excluding hydrogens is 334 g/mol. The quantitative estimate of drug-likeness (QED) is 0.706. The highest BCUT2D eigenvalue weighted by atomic mass is 16.3. The smallest absolute Gasteiger partial charge is 0.0546 e. The Kier molecular flexibility index (Phi) is 6.25. The Balaban J connectivity index is 1.86. The zero-order valence-corrected chi connectivity index (χ0v) is 18.0. The first-order chi connectivity index (χ1) is 12.7. The fourth-order valence-corrected chi connectivity index (χ4v) is 6.81. The van der Waals surface area contributed by atoms with Gasteiger partial charge in [-0.3, -0.25) is 0 Å². The minimum Gasteiger partial charge on any atom is -0.396 e. The van der Waals surface area contributed by atoms with Crippen molar-refractivity contribution >= 4 is 0 Å². The van der Waals surface area contributed by atoms with Crippen molar-refractivity contribution in [2.45, 2.75) is 64.9 Å². The molecule has 7 unspecified atom stereocenters. The van der Waals surface area contributed by atoms with Gasteiger partial charge in [0, 0.05) is 13.2 Å². The summed E-state index contributed by atoms with van der Waals surface area (Å²) in [5.41, 5.74) is 1.81. The number of nitrogens with zero attached hydrogens (tertiary/aromatic N) is 1. The van der Waals surface area contributed by atoms with Crippen LogP contribution in [0.2, 0.25) is 0 Å². The molecule has 0 aliphatic heterocycles. The molecule has 0 aromatic carbocycles. The minimum atomic E-state index is -0.181. The predicted octanol–water partition coefficient (Wildman–Crippen LogP) is 4.26. The zero-order valence-electron chi connectivity index (χ0n) is 18.0.